The Balaban J connectivity index is 1.45. The highest BCUT2D eigenvalue weighted by Gasteiger charge is 2.35. The number of rotatable bonds is 6. The summed E-state index contributed by atoms with van der Waals surface area (Å²) < 4.78 is 7.55. The third kappa shape index (κ3) is 3.62. The van der Waals surface area contributed by atoms with Gasteiger partial charge in [-0.05, 0) is 12.0 Å². The summed E-state index contributed by atoms with van der Waals surface area (Å²) in [6.07, 6.45) is 6.76. The number of methoxy groups -OCH3 is 1. The molecular weight excluding hydrogens is 316 g/mol. The van der Waals surface area contributed by atoms with Crippen LogP contribution in [-0.2, 0) is 17.8 Å². The molecule has 25 heavy (non-hydrogen) atoms. The third-order valence-corrected chi connectivity index (χ3v) is 4.71. The third-order valence-electron chi connectivity index (χ3n) is 4.71. The van der Waals surface area contributed by atoms with Crippen molar-refractivity contribution in [2.24, 2.45) is 0 Å². The van der Waals surface area contributed by atoms with Crippen LogP contribution in [0, 0.1) is 0 Å². The maximum Gasteiger partial charge on any atom is 0.141 e. The summed E-state index contributed by atoms with van der Waals surface area (Å²) in [5.74, 6) is 0.899. The fourth-order valence-corrected chi connectivity index (χ4v) is 3.45. The lowest BCUT2D eigenvalue weighted by molar-refractivity contribution is 0.107. The number of hydrogen-bond acceptors (Lipinski definition) is 5. The van der Waals surface area contributed by atoms with Gasteiger partial charge in [0, 0.05) is 32.0 Å². The minimum absolute atomic E-state index is 0.199. The van der Waals surface area contributed by atoms with Gasteiger partial charge in [-0.3, -0.25) is 14.7 Å². The van der Waals surface area contributed by atoms with Crippen molar-refractivity contribution in [1.29, 1.82) is 0 Å². The Morgan fingerprint density at radius 3 is 2.84 bits per heavy atom. The molecule has 3 heterocycles. The minimum atomic E-state index is 0.199. The van der Waals surface area contributed by atoms with Gasteiger partial charge >= 0.3 is 0 Å². The second kappa shape index (κ2) is 7.16. The molecule has 0 saturated carbocycles. The molecule has 0 radical (unpaired) electrons. The van der Waals surface area contributed by atoms with Crippen LogP contribution in [0.2, 0.25) is 0 Å². The van der Waals surface area contributed by atoms with Gasteiger partial charge in [0.05, 0.1) is 24.9 Å². The van der Waals surface area contributed by atoms with Crippen LogP contribution in [0.3, 0.4) is 0 Å². The molecular formula is C18H22N6O. The first-order valence-electron chi connectivity index (χ1n) is 8.49. The van der Waals surface area contributed by atoms with E-state index in [0.29, 0.717) is 0 Å². The number of H-pyrrole nitrogens is 1. The topological polar surface area (TPSA) is 71.9 Å². The maximum absolute atomic E-state index is 5.57. The molecule has 0 bridgehead atoms. The molecule has 2 atom stereocenters. The van der Waals surface area contributed by atoms with Gasteiger partial charge in [0.25, 0.3) is 0 Å². The SMILES string of the molecule is CO[C@@H]1C[C@@H](c2ncn[nH]2)N(Cc2cnn(Cc3ccccc3)c2)C1. The fraction of sp³-hybridized carbons (Fsp3) is 0.389. The fourth-order valence-electron chi connectivity index (χ4n) is 3.45. The Hall–Kier alpha value is -2.51. The average molecular weight is 338 g/mol. The van der Waals surface area contributed by atoms with E-state index in [0.717, 1.165) is 31.9 Å². The van der Waals surface area contributed by atoms with E-state index in [-0.39, 0.29) is 12.1 Å². The number of aromatic amines is 1. The first-order chi connectivity index (χ1) is 12.3. The zero-order chi connectivity index (χ0) is 17.1. The second-order valence-electron chi connectivity index (χ2n) is 6.44. The molecule has 4 rings (SSSR count). The molecule has 1 aromatic carbocycles. The molecule has 0 aliphatic carbocycles. The van der Waals surface area contributed by atoms with E-state index in [1.165, 1.54) is 11.1 Å². The van der Waals surface area contributed by atoms with E-state index >= 15 is 0 Å². The summed E-state index contributed by atoms with van der Waals surface area (Å²) in [6.45, 7) is 2.48. The van der Waals surface area contributed by atoms with Gasteiger partial charge in [-0.15, -0.1) is 0 Å². The lowest BCUT2D eigenvalue weighted by Crippen LogP contribution is -2.25. The van der Waals surface area contributed by atoms with Crippen LogP contribution in [-0.4, -0.2) is 49.6 Å². The maximum atomic E-state index is 5.57. The molecule has 2 aromatic heterocycles. The van der Waals surface area contributed by atoms with Crippen molar-refractivity contribution in [1.82, 2.24) is 29.9 Å². The van der Waals surface area contributed by atoms with Gasteiger partial charge < -0.3 is 4.74 Å². The second-order valence-corrected chi connectivity index (χ2v) is 6.44. The normalized spacial score (nSPS) is 21.0. The molecule has 7 heteroatoms. The van der Waals surface area contributed by atoms with Crippen LogP contribution in [0.4, 0.5) is 0 Å². The molecule has 1 saturated heterocycles. The number of ether oxygens (including phenoxy) is 1. The number of benzene rings is 1. The first kappa shape index (κ1) is 16.0. The van der Waals surface area contributed by atoms with Crippen molar-refractivity contribution in [3.63, 3.8) is 0 Å². The predicted molar refractivity (Wildman–Crippen MR) is 92.7 cm³/mol. The van der Waals surface area contributed by atoms with Gasteiger partial charge in [-0.2, -0.15) is 10.2 Å². The van der Waals surface area contributed by atoms with Crippen LogP contribution in [0.25, 0.3) is 0 Å². The van der Waals surface area contributed by atoms with E-state index in [1.807, 2.05) is 16.9 Å². The number of nitrogens with one attached hydrogen (secondary N) is 1. The van der Waals surface area contributed by atoms with E-state index < -0.39 is 0 Å². The Morgan fingerprint density at radius 1 is 1.20 bits per heavy atom. The summed E-state index contributed by atoms with van der Waals surface area (Å²) >= 11 is 0. The van der Waals surface area contributed by atoms with Crippen molar-refractivity contribution < 1.29 is 4.74 Å². The average Bonchev–Trinajstić information content (AvgIpc) is 3.37. The highest BCUT2D eigenvalue weighted by atomic mass is 16.5. The lowest BCUT2D eigenvalue weighted by atomic mass is 10.2. The predicted octanol–water partition coefficient (Wildman–Crippen LogP) is 2.01. The monoisotopic (exact) mass is 338 g/mol. The summed E-state index contributed by atoms with van der Waals surface area (Å²) in [4.78, 5) is 6.71. The number of nitrogens with zero attached hydrogens (tertiary/aromatic N) is 5. The van der Waals surface area contributed by atoms with Crippen molar-refractivity contribution in [3.8, 4) is 0 Å². The van der Waals surface area contributed by atoms with Crippen molar-refractivity contribution >= 4 is 0 Å². The Bertz CT molecular complexity index is 785. The molecule has 1 fully saturated rings. The number of likely N-dealkylation sites (tertiary alicyclic amines) is 1. The van der Waals surface area contributed by atoms with Crippen molar-refractivity contribution in [2.75, 3.05) is 13.7 Å². The van der Waals surface area contributed by atoms with Crippen LogP contribution < -0.4 is 0 Å². The zero-order valence-electron chi connectivity index (χ0n) is 14.2. The van der Waals surface area contributed by atoms with Crippen LogP contribution in [0.5, 0.6) is 0 Å². The molecule has 0 spiro atoms. The quantitative estimate of drug-likeness (QED) is 0.744. The van der Waals surface area contributed by atoms with Crippen molar-refractivity contribution in [3.05, 3.63) is 66.0 Å². The molecule has 0 amide bonds. The molecule has 3 aromatic rings. The number of aromatic nitrogens is 5. The van der Waals surface area contributed by atoms with Crippen molar-refractivity contribution in [2.45, 2.75) is 31.7 Å². The van der Waals surface area contributed by atoms with Gasteiger partial charge in [-0.1, -0.05) is 30.3 Å². The van der Waals surface area contributed by atoms with Gasteiger partial charge in [0.2, 0.25) is 0 Å². The van der Waals surface area contributed by atoms with Crippen LogP contribution in [0.1, 0.15) is 29.4 Å². The lowest BCUT2D eigenvalue weighted by Gasteiger charge is -2.21. The molecule has 1 aliphatic heterocycles. The van der Waals surface area contributed by atoms with Crippen LogP contribution >= 0.6 is 0 Å². The Labute approximate surface area is 146 Å². The van der Waals surface area contributed by atoms with Gasteiger partial charge in [0.15, 0.2) is 0 Å². The Kier molecular flexibility index (Phi) is 4.58. The number of hydrogen-bond donors (Lipinski definition) is 1. The molecule has 0 unspecified atom stereocenters. The zero-order valence-corrected chi connectivity index (χ0v) is 14.2. The van der Waals surface area contributed by atoms with Crippen LogP contribution in [0.15, 0.2) is 49.1 Å². The molecule has 7 nitrogen and oxygen atoms in total. The van der Waals surface area contributed by atoms with E-state index in [9.17, 15) is 0 Å². The Morgan fingerprint density at radius 2 is 2.08 bits per heavy atom. The summed E-state index contributed by atoms with van der Waals surface area (Å²) in [6, 6.07) is 10.6. The van der Waals surface area contributed by atoms with E-state index in [2.05, 4.69) is 55.6 Å². The molecule has 1 aliphatic rings. The largest absolute Gasteiger partial charge is 0.380 e. The summed E-state index contributed by atoms with van der Waals surface area (Å²) in [5, 5.41) is 11.5. The summed E-state index contributed by atoms with van der Waals surface area (Å²) in [7, 11) is 1.77. The smallest absolute Gasteiger partial charge is 0.141 e. The van der Waals surface area contributed by atoms with E-state index in [4.69, 9.17) is 4.74 Å². The minimum Gasteiger partial charge on any atom is -0.380 e. The first-order valence-corrected chi connectivity index (χ1v) is 8.49. The van der Waals surface area contributed by atoms with Gasteiger partial charge in [-0.25, -0.2) is 4.98 Å². The highest BCUT2D eigenvalue weighted by Crippen LogP contribution is 2.32. The highest BCUT2D eigenvalue weighted by molar-refractivity contribution is 5.16. The summed E-state index contributed by atoms with van der Waals surface area (Å²) in [5.41, 5.74) is 2.44. The molecule has 1 N–H and O–H groups in total. The van der Waals surface area contributed by atoms with E-state index in [1.54, 1.807) is 13.4 Å². The standard InChI is InChI=1S/C18H22N6O/c1-25-16-7-17(18-19-13-20-22-18)23(12-16)9-15-8-21-24(11-15)10-14-5-3-2-4-6-14/h2-6,8,11,13,16-17H,7,9-10,12H2,1H3,(H,19,20,22)/t16-,17+/m1/s1. The molecule has 130 valence electrons. The van der Waals surface area contributed by atoms with Gasteiger partial charge in [0.1, 0.15) is 12.2 Å².